The third-order valence-electron chi connectivity index (χ3n) is 8.06. The summed E-state index contributed by atoms with van der Waals surface area (Å²) in [6.45, 7) is 2.68. The van der Waals surface area contributed by atoms with E-state index in [4.69, 9.17) is 4.74 Å². The van der Waals surface area contributed by atoms with Gasteiger partial charge in [0.15, 0.2) is 11.2 Å². The van der Waals surface area contributed by atoms with Gasteiger partial charge in [-0.15, -0.1) is 11.3 Å². The molecule has 2 N–H and O–H groups in total. The van der Waals surface area contributed by atoms with E-state index in [1.807, 2.05) is 28.8 Å². The lowest BCUT2D eigenvalue weighted by Crippen LogP contribution is -2.38. The smallest absolute Gasteiger partial charge is 0.255 e. The lowest BCUT2D eigenvalue weighted by atomic mass is 9.99. The van der Waals surface area contributed by atoms with Crippen LogP contribution in [0.15, 0.2) is 54.3 Å². The van der Waals surface area contributed by atoms with Crippen LogP contribution < -0.4 is 15.4 Å². The van der Waals surface area contributed by atoms with Gasteiger partial charge >= 0.3 is 0 Å². The maximum Gasteiger partial charge on any atom is 0.255 e. The number of hydrogen-bond acceptors (Lipinski definition) is 7. The molecule has 0 aliphatic carbocycles. The number of anilines is 1. The fraction of sp³-hybridized carbons (Fsp3) is 0.333. The standard InChI is InChI=1S/C30H29FN6O3S/c31-24-15-19(18-3-5-20(6-4-18)40-21-7-9-32-10-8-21)14-22-23(24)16-37(29(22)39)27(28(38)35-30-33-11-13-41-30)26-25-2-1-12-36(25)17-34-26/h3-6,11,13-15,17,21,27,32H,1-2,7-10,12,16H2,(H,33,35,38). The number of nitrogens with one attached hydrogen (secondary N) is 2. The fourth-order valence-electron chi connectivity index (χ4n) is 6.00. The molecular weight excluding hydrogens is 543 g/mol. The minimum atomic E-state index is -1.01. The van der Waals surface area contributed by atoms with Crippen molar-refractivity contribution < 1.29 is 18.7 Å². The number of rotatable bonds is 7. The van der Waals surface area contributed by atoms with E-state index in [2.05, 4.69) is 20.6 Å². The molecule has 0 radical (unpaired) electrons. The molecule has 210 valence electrons. The van der Waals surface area contributed by atoms with Crippen LogP contribution in [0.4, 0.5) is 9.52 Å². The second-order valence-corrected chi connectivity index (χ2v) is 11.5. The zero-order valence-corrected chi connectivity index (χ0v) is 23.1. The van der Waals surface area contributed by atoms with Gasteiger partial charge in [0.1, 0.15) is 17.7 Å². The first-order chi connectivity index (χ1) is 20.0. The maximum atomic E-state index is 15.6. The zero-order chi connectivity index (χ0) is 27.9. The molecule has 0 spiro atoms. The summed E-state index contributed by atoms with van der Waals surface area (Å²) in [7, 11) is 0. The minimum absolute atomic E-state index is 0.0223. The van der Waals surface area contributed by atoms with Gasteiger partial charge in [-0.3, -0.25) is 14.9 Å². The Hall–Kier alpha value is -4.09. The van der Waals surface area contributed by atoms with Crippen molar-refractivity contribution in [2.45, 2.75) is 50.9 Å². The summed E-state index contributed by atoms with van der Waals surface area (Å²) in [5.41, 5.74) is 3.38. The molecule has 1 saturated heterocycles. The monoisotopic (exact) mass is 572 g/mol. The number of amides is 2. The number of piperidine rings is 1. The second kappa shape index (κ2) is 10.7. The molecule has 1 fully saturated rings. The Balaban J connectivity index is 1.17. The lowest BCUT2D eigenvalue weighted by molar-refractivity contribution is -0.121. The number of aryl methyl sites for hydroxylation is 1. The van der Waals surface area contributed by atoms with E-state index in [9.17, 15) is 9.59 Å². The van der Waals surface area contributed by atoms with Crippen LogP contribution in [0.1, 0.15) is 52.6 Å². The molecule has 7 rings (SSSR count). The Bertz CT molecular complexity index is 1600. The van der Waals surface area contributed by atoms with E-state index < -0.39 is 23.7 Å². The number of imidazole rings is 1. The number of ether oxygens (including phenoxy) is 1. The Morgan fingerprint density at radius 2 is 1.98 bits per heavy atom. The number of carbonyl (C=O) groups excluding carboxylic acids is 2. The summed E-state index contributed by atoms with van der Waals surface area (Å²) in [6.07, 6.45) is 7.12. The van der Waals surface area contributed by atoms with Crippen LogP contribution in [0, 0.1) is 5.82 Å². The van der Waals surface area contributed by atoms with Gasteiger partial charge in [0, 0.05) is 34.9 Å². The molecule has 2 aromatic heterocycles. The van der Waals surface area contributed by atoms with Crippen LogP contribution in [0.2, 0.25) is 0 Å². The highest BCUT2D eigenvalue weighted by Crippen LogP contribution is 2.38. The summed E-state index contributed by atoms with van der Waals surface area (Å²) in [6, 6.07) is 9.70. The number of benzene rings is 2. The molecular formula is C30H29FN6O3S. The van der Waals surface area contributed by atoms with E-state index >= 15 is 4.39 Å². The van der Waals surface area contributed by atoms with Crippen molar-refractivity contribution in [3.63, 3.8) is 0 Å². The Kier molecular flexibility index (Phi) is 6.76. The lowest BCUT2D eigenvalue weighted by Gasteiger charge is -2.26. The molecule has 3 aliphatic rings. The molecule has 41 heavy (non-hydrogen) atoms. The molecule has 4 aromatic rings. The Labute approximate surface area is 240 Å². The van der Waals surface area contributed by atoms with Crippen LogP contribution in [0.25, 0.3) is 11.1 Å². The van der Waals surface area contributed by atoms with E-state index in [1.54, 1.807) is 24.0 Å². The van der Waals surface area contributed by atoms with Gasteiger partial charge < -0.3 is 19.5 Å². The molecule has 1 unspecified atom stereocenters. The Morgan fingerprint density at radius 3 is 2.76 bits per heavy atom. The van der Waals surface area contributed by atoms with Crippen LogP contribution >= 0.6 is 11.3 Å². The molecule has 9 nitrogen and oxygen atoms in total. The fourth-order valence-corrected chi connectivity index (χ4v) is 6.53. The normalized spacial score (nSPS) is 17.4. The highest BCUT2D eigenvalue weighted by Gasteiger charge is 2.42. The van der Waals surface area contributed by atoms with Crippen molar-refractivity contribution in [3.05, 3.63) is 82.6 Å². The first-order valence-corrected chi connectivity index (χ1v) is 14.8. The van der Waals surface area contributed by atoms with Crippen LogP contribution in [0.5, 0.6) is 5.75 Å². The van der Waals surface area contributed by atoms with E-state index in [0.29, 0.717) is 16.4 Å². The number of hydrogen-bond donors (Lipinski definition) is 2. The molecule has 1 atom stereocenters. The van der Waals surface area contributed by atoms with Gasteiger partial charge in [-0.05, 0) is 74.2 Å². The van der Waals surface area contributed by atoms with Crippen molar-refractivity contribution in [2.75, 3.05) is 18.4 Å². The van der Waals surface area contributed by atoms with Gasteiger partial charge in [-0.2, -0.15) is 0 Å². The number of thiazole rings is 1. The predicted molar refractivity (Wildman–Crippen MR) is 152 cm³/mol. The van der Waals surface area contributed by atoms with Crippen molar-refractivity contribution in [3.8, 4) is 16.9 Å². The summed E-state index contributed by atoms with van der Waals surface area (Å²) in [5.74, 6) is -0.520. The minimum Gasteiger partial charge on any atom is -0.490 e. The van der Waals surface area contributed by atoms with E-state index in [1.165, 1.54) is 22.3 Å². The summed E-state index contributed by atoms with van der Waals surface area (Å²) < 4.78 is 23.7. The summed E-state index contributed by atoms with van der Waals surface area (Å²) in [5, 5.41) is 8.35. The van der Waals surface area contributed by atoms with Gasteiger partial charge in [-0.1, -0.05) is 12.1 Å². The number of fused-ring (bicyclic) bond motifs is 2. The van der Waals surface area contributed by atoms with Crippen molar-refractivity contribution in [2.24, 2.45) is 0 Å². The number of carbonyl (C=O) groups is 2. The van der Waals surface area contributed by atoms with Crippen molar-refractivity contribution >= 4 is 28.3 Å². The Morgan fingerprint density at radius 1 is 1.15 bits per heavy atom. The zero-order valence-electron chi connectivity index (χ0n) is 22.3. The predicted octanol–water partition coefficient (Wildman–Crippen LogP) is 4.56. The molecule has 3 aliphatic heterocycles. The summed E-state index contributed by atoms with van der Waals surface area (Å²) >= 11 is 1.29. The molecule has 11 heteroatoms. The van der Waals surface area contributed by atoms with Crippen LogP contribution in [0.3, 0.4) is 0 Å². The summed E-state index contributed by atoms with van der Waals surface area (Å²) in [4.78, 5) is 37.6. The van der Waals surface area contributed by atoms with E-state index in [-0.39, 0.29) is 23.8 Å². The SMILES string of the molecule is O=C(Nc1nccs1)C(c1ncn2c1CCC2)N1Cc2c(F)cc(-c3ccc(OC4CCNCC4)cc3)cc2C1=O. The average molecular weight is 573 g/mol. The average Bonchev–Trinajstić information content (AvgIpc) is 3.78. The van der Waals surface area contributed by atoms with Crippen molar-refractivity contribution in [1.29, 1.82) is 0 Å². The number of halogens is 1. The highest BCUT2D eigenvalue weighted by molar-refractivity contribution is 7.13. The number of aromatic nitrogens is 3. The molecule has 2 amide bonds. The second-order valence-electron chi connectivity index (χ2n) is 10.6. The highest BCUT2D eigenvalue weighted by atomic mass is 32.1. The van der Waals surface area contributed by atoms with Crippen LogP contribution in [-0.4, -0.2) is 50.4 Å². The topological polar surface area (TPSA) is 101 Å². The molecule has 0 bridgehead atoms. The van der Waals surface area contributed by atoms with Gasteiger partial charge in [-0.25, -0.2) is 14.4 Å². The first-order valence-electron chi connectivity index (χ1n) is 13.9. The van der Waals surface area contributed by atoms with Gasteiger partial charge in [0.2, 0.25) is 0 Å². The first kappa shape index (κ1) is 25.8. The quantitative estimate of drug-likeness (QED) is 0.337. The van der Waals surface area contributed by atoms with E-state index in [0.717, 1.165) is 62.3 Å². The van der Waals surface area contributed by atoms with Gasteiger partial charge in [0.25, 0.3) is 11.8 Å². The third kappa shape index (κ3) is 4.89. The number of nitrogens with zero attached hydrogens (tertiary/aromatic N) is 4. The molecule has 2 aromatic carbocycles. The van der Waals surface area contributed by atoms with Crippen LogP contribution in [-0.2, 0) is 24.3 Å². The van der Waals surface area contributed by atoms with Gasteiger partial charge in [0.05, 0.1) is 18.6 Å². The third-order valence-corrected chi connectivity index (χ3v) is 8.75. The largest absolute Gasteiger partial charge is 0.490 e. The molecule has 5 heterocycles. The maximum absolute atomic E-state index is 15.6. The molecule has 0 saturated carbocycles. The van der Waals surface area contributed by atoms with Crippen molar-refractivity contribution in [1.82, 2.24) is 24.8 Å².